The van der Waals surface area contributed by atoms with Crippen LogP contribution in [0.25, 0.3) is 11.7 Å². The summed E-state index contributed by atoms with van der Waals surface area (Å²) in [6.45, 7) is 5.82. The number of carbonyl (C=O) groups is 1. The highest BCUT2D eigenvalue weighted by Crippen LogP contribution is 2.34. The van der Waals surface area contributed by atoms with Crippen molar-refractivity contribution in [3.63, 3.8) is 0 Å². The summed E-state index contributed by atoms with van der Waals surface area (Å²) < 4.78 is 7.27. The maximum absolute atomic E-state index is 13.3. The van der Waals surface area contributed by atoms with Crippen LogP contribution in [0, 0.1) is 5.92 Å². The molecule has 0 spiro atoms. The van der Waals surface area contributed by atoms with Gasteiger partial charge in [0.05, 0.1) is 30.3 Å². The number of hydrogen-bond donors (Lipinski definition) is 2. The number of aromatic nitrogens is 2. The lowest BCUT2D eigenvalue weighted by molar-refractivity contribution is -0.122. The number of aliphatic hydroxyl groups excluding tert-OH is 1. The van der Waals surface area contributed by atoms with E-state index in [1.807, 2.05) is 6.07 Å². The van der Waals surface area contributed by atoms with Crippen molar-refractivity contribution in [2.24, 2.45) is 5.92 Å². The second-order valence-electron chi connectivity index (χ2n) is 8.08. The fourth-order valence-electron chi connectivity index (χ4n) is 3.74. The second kappa shape index (κ2) is 13.0. The number of pyridine rings is 1. The zero-order valence-electron chi connectivity index (χ0n) is 19.7. The average Bonchev–Trinajstić information content (AvgIpc) is 3.10. The van der Waals surface area contributed by atoms with E-state index in [1.165, 1.54) is 16.2 Å². The number of nitrogens with zero attached hydrogens (tertiary/aromatic N) is 3. The normalized spacial score (nSPS) is 16.1. The molecule has 0 aromatic carbocycles. The van der Waals surface area contributed by atoms with Crippen LogP contribution in [0.2, 0.25) is 0 Å². The van der Waals surface area contributed by atoms with Crippen molar-refractivity contribution in [3.05, 3.63) is 45.2 Å². The summed E-state index contributed by atoms with van der Waals surface area (Å²) in [5.74, 6) is 0.606. The van der Waals surface area contributed by atoms with Crippen molar-refractivity contribution in [1.29, 1.82) is 0 Å². The van der Waals surface area contributed by atoms with Crippen LogP contribution in [0.15, 0.2) is 34.1 Å². The molecule has 1 aliphatic rings. The Kier molecular flexibility index (Phi) is 10.1. The van der Waals surface area contributed by atoms with Crippen molar-refractivity contribution < 1.29 is 14.6 Å². The summed E-state index contributed by atoms with van der Waals surface area (Å²) in [6, 6.07) is 5.32. The fourth-order valence-corrected chi connectivity index (χ4v) is 5.00. The first-order chi connectivity index (χ1) is 16.5. The summed E-state index contributed by atoms with van der Waals surface area (Å²) in [7, 11) is 0. The van der Waals surface area contributed by atoms with Crippen molar-refractivity contribution in [2.45, 2.75) is 39.5 Å². The average molecular weight is 505 g/mol. The number of fused-ring (bicyclic) bond motifs is 1. The highest BCUT2D eigenvalue weighted by Gasteiger charge is 2.33. The molecule has 2 N–H and O–H groups in total. The van der Waals surface area contributed by atoms with Crippen molar-refractivity contribution in [3.8, 4) is 0 Å². The van der Waals surface area contributed by atoms with E-state index in [2.05, 4.69) is 24.1 Å². The minimum atomic E-state index is -0.274. The molecule has 3 rings (SSSR count). The Balaban J connectivity index is 1.89. The standard InChI is InChI=1S/C24H32N4O4S2/c1-3-5-8-17(4-2)16-28-23(31)19(34-24(28)33)15-18-21(25-10-13-32-14-12-29)26-20-9-6-7-11-27(20)22(18)30/h6-7,9,11,15,17,25,29H,3-5,8,10,12-14,16H2,1-2H3. The van der Waals surface area contributed by atoms with Crippen LogP contribution in [0.5, 0.6) is 0 Å². The number of hydrogen-bond acceptors (Lipinski definition) is 8. The number of rotatable bonds is 13. The number of ether oxygens (including phenoxy) is 1. The highest BCUT2D eigenvalue weighted by molar-refractivity contribution is 8.26. The summed E-state index contributed by atoms with van der Waals surface area (Å²) in [4.78, 5) is 33.2. The molecule has 2 aromatic heterocycles. The third-order valence-electron chi connectivity index (χ3n) is 5.68. The lowest BCUT2D eigenvalue weighted by Crippen LogP contribution is -2.33. The van der Waals surface area contributed by atoms with Crippen LogP contribution in [0.4, 0.5) is 5.82 Å². The van der Waals surface area contributed by atoms with E-state index in [4.69, 9.17) is 22.1 Å². The molecule has 0 aliphatic carbocycles. The van der Waals surface area contributed by atoms with E-state index in [0.717, 1.165) is 25.7 Å². The number of unbranched alkanes of at least 4 members (excludes halogenated alkanes) is 1. The number of thiocarbonyl (C=S) groups is 1. The molecule has 0 radical (unpaired) electrons. The molecule has 1 amide bonds. The fraction of sp³-hybridized carbons (Fsp3) is 0.500. The molecule has 184 valence electrons. The Morgan fingerprint density at radius 2 is 2.12 bits per heavy atom. The summed E-state index contributed by atoms with van der Waals surface area (Å²) in [5, 5.41) is 12.0. The summed E-state index contributed by atoms with van der Waals surface area (Å²) >= 11 is 6.74. The molecular weight excluding hydrogens is 472 g/mol. The molecule has 10 heteroatoms. The number of anilines is 1. The third-order valence-corrected chi connectivity index (χ3v) is 7.05. The molecule has 3 heterocycles. The molecular formula is C24H32N4O4S2. The number of amides is 1. The SMILES string of the molecule is CCCCC(CC)CN1C(=O)C(=Cc2c(NCCOCCO)nc3ccccn3c2=O)SC1=S. The van der Waals surface area contributed by atoms with Gasteiger partial charge in [0, 0.05) is 19.3 Å². The predicted octanol–water partition coefficient (Wildman–Crippen LogP) is 3.53. The van der Waals surface area contributed by atoms with Gasteiger partial charge >= 0.3 is 0 Å². The van der Waals surface area contributed by atoms with E-state index < -0.39 is 0 Å². The predicted molar refractivity (Wildman–Crippen MR) is 141 cm³/mol. The molecule has 34 heavy (non-hydrogen) atoms. The molecule has 1 atom stereocenters. The lowest BCUT2D eigenvalue weighted by Gasteiger charge is -2.21. The third kappa shape index (κ3) is 6.44. The van der Waals surface area contributed by atoms with Crippen LogP contribution >= 0.6 is 24.0 Å². The minimum absolute atomic E-state index is 0.0556. The first-order valence-corrected chi connectivity index (χ1v) is 12.9. The van der Waals surface area contributed by atoms with Gasteiger partial charge in [0.25, 0.3) is 11.5 Å². The Bertz CT molecular complexity index is 1100. The molecule has 1 fully saturated rings. The molecule has 0 saturated carbocycles. The molecule has 2 aromatic rings. The van der Waals surface area contributed by atoms with Crippen LogP contribution in [0.1, 0.15) is 45.1 Å². The number of thioether (sulfide) groups is 1. The Labute approximate surface area is 209 Å². The minimum Gasteiger partial charge on any atom is -0.394 e. The van der Waals surface area contributed by atoms with Crippen LogP contribution in [-0.4, -0.2) is 62.5 Å². The van der Waals surface area contributed by atoms with Crippen LogP contribution in [-0.2, 0) is 9.53 Å². The number of carbonyl (C=O) groups excluding carboxylic acids is 1. The highest BCUT2D eigenvalue weighted by atomic mass is 32.2. The molecule has 1 aliphatic heterocycles. The summed E-state index contributed by atoms with van der Waals surface area (Å²) in [5.41, 5.74) is 0.520. The zero-order valence-corrected chi connectivity index (χ0v) is 21.3. The monoisotopic (exact) mass is 504 g/mol. The van der Waals surface area contributed by atoms with Crippen molar-refractivity contribution >= 4 is 51.7 Å². The Hall–Kier alpha value is -2.27. The van der Waals surface area contributed by atoms with Gasteiger partial charge in [-0.3, -0.25) is 18.9 Å². The second-order valence-corrected chi connectivity index (χ2v) is 9.76. The number of aliphatic hydroxyl groups is 1. The van der Waals surface area contributed by atoms with E-state index in [9.17, 15) is 9.59 Å². The number of nitrogens with one attached hydrogen (secondary N) is 1. The van der Waals surface area contributed by atoms with Gasteiger partial charge in [-0.2, -0.15) is 0 Å². The lowest BCUT2D eigenvalue weighted by atomic mass is 9.99. The van der Waals surface area contributed by atoms with Gasteiger partial charge in [0.1, 0.15) is 15.8 Å². The molecule has 0 bridgehead atoms. The molecule has 1 saturated heterocycles. The van der Waals surface area contributed by atoms with Gasteiger partial charge in [-0.25, -0.2) is 4.98 Å². The first kappa shape index (κ1) is 26.3. The maximum Gasteiger partial charge on any atom is 0.267 e. The first-order valence-electron chi connectivity index (χ1n) is 11.7. The maximum atomic E-state index is 13.3. The van der Waals surface area contributed by atoms with Gasteiger partial charge in [-0.1, -0.05) is 63.2 Å². The zero-order chi connectivity index (χ0) is 24.5. The quantitative estimate of drug-likeness (QED) is 0.243. The van der Waals surface area contributed by atoms with E-state index >= 15 is 0 Å². The van der Waals surface area contributed by atoms with E-state index in [-0.39, 0.29) is 24.7 Å². The van der Waals surface area contributed by atoms with Gasteiger partial charge in [0.15, 0.2) is 0 Å². The van der Waals surface area contributed by atoms with Crippen molar-refractivity contribution in [1.82, 2.24) is 14.3 Å². The topological polar surface area (TPSA) is 96.2 Å². The van der Waals surface area contributed by atoms with Crippen molar-refractivity contribution in [2.75, 3.05) is 38.2 Å². The van der Waals surface area contributed by atoms with Gasteiger partial charge in [-0.15, -0.1) is 0 Å². The van der Waals surface area contributed by atoms with Gasteiger partial charge in [-0.05, 0) is 30.5 Å². The van der Waals surface area contributed by atoms with E-state index in [0.29, 0.717) is 51.9 Å². The van der Waals surface area contributed by atoms with Crippen LogP contribution < -0.4 is 10.9 Å². The largest absolute Gasteiger partial charge is 0.394 e. The van der Waals surface area contributed by atoms with Gasteiger partial charge in [0.2, 0.25) is 0 Å². The smallest absolute Gasteiger partial charge is 0.267 e. The van der Waals surface area contributed by atoms with Gasteiger partial charge < -0.3 is 15.2 Å². The van der Waals surface area contributed by atoms with Crippen LogP contribution in [0.3, 0.4) is 0 Å². The molecule has 8 nitrogen and oxygen atoms in total. The summed E-state index contributed by atoms with van der Waals surface area (Å²) in [6.07, 6.45) is 7.54. The Morgan fingerprint density at radius 3 is 2.85 bits per heavy atom. The molecule has 1 unspecified atom stereocenters. The van der Waals surface area contributed by atoms with E-state index in [1.54, 1.807) is 29.3 Å². The Morgan fingerprint density at radius 1 is 1.29 bits per heavy atom.